The Morgan fingerprint density at radius 3 is 2.74 bits per heavy atom. The summed E-state index contributed by atoms with van der Waals surface area (Å²) in [5.41, 5.74) is 0.866. The van der Waals surface area contributed by atoms with Crippen LogP contribution in [0.15, 0.2) is 24.3 Å². The van der Waals surface area contributed by atoms with Crippen LogP contribution in [0.3, 0.4) is 0 Å². The summed E-state index contributed by atoms with van der Waals surface area (Å²) in [5, 5.41) is 0. The van der Waals surface area contributed by atoms with Crippen molar-refractivity contribution in [3.63, 3.8) is 0 Å². The Morgan fingerprint density at radius 1 is 1.15 bits per heavy atom. The average Bonchev–Trinajstić information content (AvgIpc) is 3.19. The van der Waals surface area contributed by atoms with Gasteiger partial charge in [0.15, 0.2) is 0 Å². The lowest BCUT2D eigenvalue weighted by Crippen LogP contribution is -2.38. The third-order valence-electron chi connectivity index (χ3n) is 5.50. The number of ether oxygens (including phenoxy) is 3. The molecule has 150 valence electrons. The van der Waals surface area contributed by atoms with E-state index in [2.05, 4.69) is 4.90 Å². The van der Waals surface area contributed by atoms with Gasteiger partial charge in [-0.1, -0.05) is 12.1 Å². The molecule has 27 heavy (non-hydrogen) atoms. The normalized spacial score (nSPS) is 25.1. The molecule has 1 aromatic carbocycles. The number of halogens is 1. The molecule has 0 aromatic heterocycles. The molecule has 0 spiro atoms. The van der Waals surface area contributed by atoms with Gasteiger partial charge in [0.05, 0.1) is 25.9 Å². The minimum absolute atomic E-state index is 0.0318. The fourth-order valence-corrected chi connectivity index (χ4v) is 4.34. The quantitative estimate of drug-likeness (QED) is 0.609. The van der Waals surface area contributed by atoms with Gasteiger partial charge in [-0.2, -0.15) is 0 Å². The highest BCUT2D eigenvalue weighted by Gasteiger charge is 2.48. The van der Waals surface area contributed by atoms with Gasteiger partial charge in [-0.05, 0) is 23.6 Å². The van der Waals surface area contributed by atoms with Crippen molar-refractivity contribution >= 4 is 5.91 Å². The van der Waals surface area contributed by atoms with Crippen LogP contribution in [0.2, 0.25) is 0 Å². The third kappa shape index (κ3) is 4.85. The number of amides is 1. The molecule has 0 aliphatic carbocycles. The van der Waals surface area contributed by atoms with Crippen LogP contribution in [0.25, 0.3) is 0 Å². The van der Waals surface area contributed by atoms with Gasteiger partial charge in [-0.15, -0.1) is 0 Å². The molecule has 0 unspecified atom stereocenters. The van der Waals surface area contributed by atoms with Crippen LogP contribution in [0.1, 0.15) is 11.6 Å². The molecule has 0 N–H and O–H groups in total. The number of benzene rings is 1. The number of rotatable bonds is 9. The van der Waals surface area contributed by atoms with E-state index in [9.17, 15) is 9.18 Å². The summed E-state index contributed by atoms with van der Waals surface area (Å²) in [5.74, 6) is 0.386. The van der Waals surface area contributed by atoms with E-state index >= 15 is 0 Å². The van der Waals surface area contributed by atoms with E-state index in [0.29, 0.717) is 38.2 Å². The van der Waals surface area contributed by atoms with Gasteiger partial charge in [0.1, 0.15) is 12.4 Å². The van der Waals surface area contributed by atoms with Crippen molar-refractivity contribution in [3.8, 4) is 0 Å². The highest BCUT2D eigenvalue weighted by atomic mass is 19.1. The predicted molar refractivity (Wildman–Crippen MR) is 98.8 cm³/mol. The summed E-state index contributed by atoms with van der Waals surface area (Å²) in [6, 6.07) is 6.52. The minimum Gasteiger partial charge on any atom is -0.382 e. The summed E-state index contributed by atoms with van der Waals surface area (Å²) < 4.78 is 29.4. The van der Waals surface area contributed by atoms with E-state index in [1.807, 2.05) is 11.0 Å². The van der Waals surface area contributed by atoms with Crippen molar-refractivity contribution in [2.45, 2.75) is 6.04 Å². The Balaban J connectivity index is 1.67. The highest BCUT2D eigenvalue weighted by Crippen LogP contribution is 2.45. The lowest BCUT2D eigenvalue weighted by Gasteiger charge is -2.30. The Morgan fingerprint density at radius 2 is 2.00 bits per heavy atom. The molecule has 0 radical (unpaired) electrons. The standard InChI is InChI=1S/C20H29FN2O4/c1-25-8-9-27-7-6-22-11-16-12-23(19(24)14-26-2)20(18(16)13-22)15-4-3-5-17(21)10-15/h3-5,10,16,18,20H,6-9,11-14H2,1-2H3/t16-,18-,20+/m1/s1. The summed E-state index contributed by atoms with van der Waals surface area (Å²) in [7, 11) is 3.19. The topological polar surface area (TPSA) is 51.2 Å². The molecule has 1 amide bonds. The molecule has 1 aromatic rings. The fourth-order valence-electron chi connectivity index (χ4n) is 4.34. The number of likely N-dealkylation sites (tertiary alicyclic amines) is 2. The van der Waals surface area contributed by atoms with Crippen molar-refractivity contribution in [1.29, 1.82) is 0 Å². The first kappa shape index (κ1) is 20.2. The molecule has 7 heteroatoms. The SMILES string of the molecule is COCCOCCN1C[C@@H]2CN(C(=O)COC)[C@@H](c3cccc(F)c3)[C@@H]2C1. The first-order valence-electron chi connectivity index (χ1n) is 9.47. The highest BCUT2D eigenvalue weighted by molar-refractivity contribution is 5.78. The number of hydrogen-bond donors (Lipinski definition) is 0. The molecular formula is C20H29FN2O4. The van der Waals surface area contributed by atoms with Crippen molar-refractivity contribution < 1.29 is 23.4 Å². The van der Waals surface area contributed by atoms with E-state index in [-0.39, 0.29) is 24.4 Å². The van der Waals surface area contributed by atoms with Crippen LogP contribution in [0, 0.1) is 17.7 Å². The zero-order valence-corrected chi connectivity index (χ0v) is 16.1. The maximum absolute atomic E-state index is 13.8. The fraction of sp³-hybridized carbons (Fsp3) is 0.650. The maximum Gasteiger partial charge on any atom is 0.249 e. The molecule has 2 aliphatic heterocycles. The van der Waals surface area contributed by atoms with Crippen LogP contribution in [-0.4, -0.2) is 82.5 Å². The van der Waals surface area contributed by atoms with Crippen molar-refractivity contribution in [1.82, 2.24) is 9.80 Å². The second-order valence-corrected chi connectivity index (χ2v) is 7.27. The molecule has 2 fully saturated rings. The van der Waals surface area contributed by atoms with Crippen molar-refractivity contribution in [2.24, 2.45) is 11.8 Å². The molecule has 0 saturated carbocycles. The van der Waals surface area contributed by atoms with Crippen LogP contribution in [0.5, 0.6) is 0 Å². The van der Waals surface area contributed by atoms with Gasteiger partial charge in [-0.3, -0.25) is 4.79 Å². The first-order chi connectivity index (χ1) is 13.1. The number of carbonyl (C=O) groups excluding carboxylic acids is 1. The predicted octanol–water partition coefficient (Wildman–Crippen LogP) is 1.57. The van der Waals surface area contributed by atoms with Gasteiger partial charge in [0.2, 0.25) is 5.91 Å². The van der Waals surface area contributed by atoms with Gasteiger partial charge in [0, 0.05) is 46.3 Å². The number of hydrogen-bond acceptors (Lipinski definition) is 5. The monoisotopic (exact) mass is 380 g/mol. The first-order valence-corrected chi connectivity index (χ1v) is 9.47. The molecule has 2 heterocycles. The zero-order chi connectivity index (χ0) is 19.2. The number of fused-ring (bicyclic) bond motifs is 1. The van der Waals surface area contributed by atoms with Gasteiger partial charge < -0.3 is 24.0 Å². The minimum atomic E-state index is -0.267. The van der Waals surface area contributed by atoms with Gasteiger partial charge >= 0.3 is 0 Å². The van der Waals surface area contributed by atoms with Gasteiger partial charge in [0.25, 0.3) is 0 Å². The number of carbonyl (C=O) groups is 1. The molecule has 3 rings (SSSR count). The number of nitrogens with zero attached hydrogens (tertiary/aromatic N) is 2. The molecule has 0 bridgehead atoms. The molecular weight excluding hydrogens is 351 g/mol. The second-order valence-electron chi connectivity index (χ2n) is 7.27. The largest absolute Gasteiger partial charge is 0.382 e. The van der Waals surface area contributed by atoms with Gasteiger partial charge in [-0.25, -0.2) is 4.39 Å². The average molecular weight is 380 g/mol. The smallest absolute Gasteiger partial charge is 0.249 e. The molecule has 3 atom stereocenters. The van der Waals surface area contributed by atoms with Crippen LogP contribution in [-0.2, 0) is 19.0 Å². The molecule has 6 nitrogen and oxygen atoms in total. The van der Waals surface area contributed by atoms with Crippen molar-refractivity contribution in [2.75, 3.05) is 66.8 Å². The molecule has 2 saturated heterocycles. The maximum atomic E-state index is 13.8. The summed E-state index contributed by atoms with van der Waals surface area (Å²) in [6.45, 7) is 5.29. The Bertz CT molecular complexity index is 630. The summed E-state index contributed by atoms with van der Waals surface area (Å²) >= 11 is 0. The Kier molecular flexibility index (Phi) is 7.18. The Labute approximate surface area is 160 Å². The van der Waals surface area contributed by atoms with E-state index in [0.717, 1.165) is 25.2 Å². The zero-order valence-electron chi connectivity index (χ0n) is 16.1. The van der Waals surface area contributed by atoms with E-state index < -0.39 is 0 Å². The van der Waals surface area contributed by atoms with Crippen molar-refractivity contribution in [3.05, 3.63) is 35.6 Å². The Hall–Kier alpha value is -1.54. The summed E-state index contributed by atoms with van der Waals surface area (Å²) in [4.78, 5) is 16.8. The second kappa shape index (κ2) is 9.59. The van der Waals surface area contributed by atoms with E-state index in [4.69, 9.17) is 14.2 Å². The summed E-state index contributed by atoms with van der Waals surface area (Å²) in [6.07, 6.45) is 0. The molecule has 2 aliphatic rings. The van der Waals surface area contributed by atoms with Crippen LogP contribution in [0.4, 0.5) is 4.39 Å². The van der Waals surface area contributed by atoms with E-state index in [1.165, 1.54) is 13.2 Å². The van der Waals surface area contributed by atoms with Crippen LogP contribution < -0.4 is 0 Å². The number of methoxy groups -OCH3 is 2. The lowest BCUT2D eigenvalue weighted by molar-refractivity contribution is -0.136. The van der Waals surface area contributed by atoms with Crippen LogP contribution >= 0.6 is 0 Å². The third-order valence-corrected chi connectivity index (χ3v) is 5.50. The lowest BCUT2D eigenvalue weighted by atomic mass is 9.89. The van der Waals surface area contributed by atoms with E-state index in [1.54, 1.807) is 19.2 Å².